The molecule has 0 radical (unpaired) electrons. The first-order chi connectivity index (χ1) is 9.25. The van der Waals surface area contributed by atoms with Gasteiger partial charge in [0.1, 0.15) is 5.75 Å². The average molecular weight is 251 g/mol. The zero-order valence-electron chi connectivity index (χ0n) is 11.0. The minimum atomic E-state index is 0.363. The highest BCUT2D eigenvalue weighted by Crippen LogP contribution is 2.44. The van der Waals surface area contributed by atoms with E-state index < -0.39 is 0 Å². The molecule has 1 N–H and O–H groups in total. The number of rotatable bonds is 0. The van der Waals surface area contributed by atoms with Crippen molar-refractivity contribution in [2.24, 2.45) is 13.0 Å². The standard InChI is InChI=1S/C17H17NO/c1-18-16-9-7-12(19)10-15(16)14-8-6-11-4-2-3-5-13(11)17(14)18/h2-5,7,9-11,13,19H,6,8H2,1H3. The molecule has 1 heterocycles. The highest BCUT2D eigenvalue weighted by Gasteiger charge is 2.31. The van der Waals surface area contributed by atoms with E-state index >= 15 is 0 Å². The highest BCUT2D eigenvalue weighted by molar-refractivity contribution is 5.87. The Labute approximate surface area is 112 Å². The van der Waals surface area contributed by atoms with Crippen molar-refractivity contribution in [1.82, 2.24) is 4.57 Å². The first-order valence-electron chi connectivity index (χ1n) is 6.91. The van der Waals surface area contributed by atoms with Gasteiger partial charge in [-0.2, -0.15) is 0 Å². The van der Waals surface area contributed by atoms with Gasteiger partial charge in [0.05, 0.1) is 0 Å². The van der Waals surface area contributed by atoms with Crippen LogP contribution in [0.1, 0.15) is 23.6 Å². The number of phenols is 1. The van der Waals surface area contributed by atoms with Crippen molar-refractivity contribution in [1.29, 1.82) is 0 Å². The van der Waals surface area contributed by atoms with Gasteiger partial charge < -0.3 is 9.67 Å². The Balaban J connectivity index is 2.02. The Morgan fingerprint density at radius 2 is 2.05 bits per heavy atom. The summed E-state index contributed by atoms with van der Waals surface area (Å²) in [6.07, 6.45) is 11.3. The number of aryl methyl sites for hydroxylation is 2. The lowest BCUT2D eigenvalue weighted by molar-refractivity contribution is 0.476. The summed E-state index contributed by atoms with van der Waals surface area (Å²) in [5.41, 5.74) is 4.08. The zero-order chi connectivity index (χ0) is 13.0. The largest absolute Gasteiger partial charge is 0.508 e. The molecule has 2 aliphatic rings. The summed E-state index contributed by atoms with van der Waals surface area (Å²) in [6.45, 7) is 0. The third-order valence-electron chi connectivity index (χ3n) is 4.63. The van der Waals surface area contributed by atoms with Crippen molar-refractivity contribution in [3.8, 4) is 5.75 Å². The van der Waals surface area contributed by atoms with Gasteiger partial charge in [-0.25, -0.2) is 0 Å². The van der Waals surface area contributed by atoms with Gasteiger partial charge in [0.2, 0.25) is 0 Å². The molecule has 0 fully saturated rings. The van der Waals surface area contributed by atoms with E-state index in [0.717, 1.165) is 6.42 Å². The fourth-order valence-electron chi connectivity index (χ4n) is 3.75. The molecule has 1 aromatic heterocycles. The first kappa shape index (κ1) is 10.9. The Morgan fingerprint density at radius 1 is 1.21 bits per heavy atom. The number of allylic oxidation sites excluding steroid dienone is 4. The molecular formula is C17H17NO. The number of benzene rings is 1. The van der Waals surface area contributed by atoms with Crippen LogP contribution in [0.15, 0.2) is 42.5 Å². The quantitative estimate of drug-likeness (QED) is 0.759. The molecule has 2 aliphatic carbocycles. The summed E-state index contributed by atoms with van der Waals surface area (Å²) in [5, 5.41) is 11.0. The molecule has 2 aromatic rings. The maximum absolute atomic E-state index is 9.74. The fourth-order valence-corrected chi connectivity index (χ4v) is 3.75. The average Bonchev–Trinajstić information content (AvgIpc) is 2.72. The van der Waals surface area contributed by atoms with E-state index in [1.165, 1.54) is 28.6 Å². The minimum Gasteiger partial charge on any atom is -0.508 e. The first-order valence-corrected chi connectivity index (χ1v) is 6.91. The van der Waals surface area contributed by atoms with Crippen molar-refractivity contribution in [2.45, 2.75) is 18.8 Å². The number of aromatic nitrogens is 1. The second-order valence-corrected chi connectivity index (χ2v) is 5.62. The van der Waals surface area contributed by atoms with Crippen molar-refractivity contribution in [3.05, 3.63) is 53.8 Å². The maximum Gasteiger partial charge on any atom is 0.116 e. The van der Waals surface area contributed by atoms with Crippen LogP contribution in [0.4, 0.5) is 0 Å². The summed E-state index contributed by atoms with van der Waals surface area (Å²) in [5.74, 6) is 1.49. The number of phenolic OH excluding ortho intramolecular Hbond substituents is 1. The van der Waals surface area contributed by atoms with Crippen LogP contribution in [0, 0.1) is 5.92 Å². The van der Waals surface area contributed by atoms with Crippen LogP contribution in [0.5, 0.6) is 5.75 Å². The summed E-state index contributed by atoms with van der Waals surface area (Å²) in [6, 6.07) is 5.72. The monoisotopic (exact) mass is 251 g/mol. The summed E-state index contributed by atoms with van der Waals surface area (Å²) < 4.78 is 2.31. The van der Waals surface area contributed by atoms with Crippen molar-refractivity contribution in [2.75, 3.05) is 0 Å². The smallest absolute Gasteiger partial charge is 0.116 e. The lowest BCUT2D eigenvalue weighted by Crippen LogP contribution is -2.20. The predicted octanol–water partition coefficient (Wildman–Crippen LogP) is 3.66. The Hall–Kier alpha value is -1.96. The van der Waals surface area contributed by atoms with Crippen LogP contribution in [0.2, 0.25) is 0 Å². The SMILES string of the molecule is Cn1c2c(c3cc(O)ccc31)CCC1C=CC=CC21. The van der Waals surface area contributed by atoms with Crippen LogP contribution < -0.4 is 0 Å². The summed E-state index contributed by atoms with van der Waals surface area (Å²) in [7, 11) is 2.15. The minimum absolute atomic E-state index is 0.363. The number of aromatic hydroxyl groups is 1. The summed E-state index contributed by atoms with van der Waals surface area (Å²) in [4.78, 5) is 0. The predicted molar refractivity (Wildman–Crippen MR) is 77.4 cm³/mol. The maximum atomic E-state index is 9.74. The molecule has 0 saturated carbocycles. The molecule has 0 amide bonds. The van der Waals surface area contributed by atoms with Crippen LogP contribution in [0.3, 0.4) is 0 Å². The topological polar surface area (TPSA) is 25.2 Å². The van der Waals surface area contributed by atoms with E-state index in [9.17, 15) is 5.11 Å². The zero-order valence-corrected chi connectivity index (χ0v) is 11.0. The summed E-state index contributed by atoms with van der Waals surface area (Å²) >= 11 is 0. The number of hydrogen-bond donors (Lipinski definition) is 1. The van der Waals surface area contributed by atoms with Gasteiger partial charge in [-0.15, -0.1) is 0 Å². The molecule has 2 unspecified atom stereocenters. The lowest BCUT2D eigenvalue weighted by atomic mass is 9.76. The highest BCUT2D eigenvalue weighted by atomic mass is 16.3. The normalized spacial score (nSPS) is 24.5. The van der Waals surface area contributed by atoms with Crippen LogP contribution in [0.25, 0.3) is 10.9 Å². The van der Waals surface area contributed by atoms with E-state index in [2.05, 4.69) is 35.9 Å². The van der Waals surface area contributed by atoms with Crippen molar-refractivity contribution in [3.63, 3.8) is 0 Å². The second kappa shape index (κ2) is 3.77. The molecule has 19 heavy (non-hydrogen) atoms. The molecule has 0 bridgehead atoms. The van der Waals surface area contributed by atoms with Gasteiger partial charge in [-0.05, 0) is 42.5 Å². The molecular weight excluding hydrogens is 234 g/mol. The van der Waals surface area contributed by atoms with E-state index in [-0.39, 0.29) is 0 Å². The molecule has 2 nitrogen and oxygen atoms in total. The molecule has 1 aromatic carbocycles. The lowest BCUT2D eigenvalue weighted by Gasteiger charge is -2.30. The van der Waals surface area contributed by atoms with Gasteiger partial charge in [0, 0.05) is 29.6 Å². The van der Waals surface area contributed by atoms with Gasteiger partial charge in [0.25, 0.3) is 0 Å². The molecule has 2 atom stereocenters. The Bertz CT molecular complexity index is 720. The molecule has 2 heteroatoms. The molecule has 0 spiro atoms. The molecule has 96 valence electrons. The molecule has 0 saturated heterocycles. The van der Waals surface area contributed by atoms with Crippen LogP contribution >= 0.6 is 0 Å². The Morgan fingerprint density at radius 3 is 2.95 bits per heavy atom. The van der Waals surface area contributed by atoms with Gasteiger partial charge in [0.15, 0.2) is 0 Å². The van der Waals surface area contributed by atoms with Gasteiger partial charge in [-0.1, -0.05) is 24.3 Å². The van der Waals surface area contributed by atoms with Gasteiger partial charge in [-0.3, -0.25) is 0 Å². The van der Waals surface area contributed by atoms with Crippen LogP contribution in [-0.4, -0.2) is 9.67 Å². The van der Waals surface area contributed by atoms with E-state index in [1.54, 1.807) is 6.07 Å². The number of nitrogens with zero attached hydrogens (tertiary/aromatic N) is 1. The van der Waals surface area contributed by atoms with E-state index in [1.807, 2.05) is 12.1 Å². The fraction of sp³-hybridized carbons (Fsp3) is 0.294. The van der Waals surface area contributed by atoms with Crippen LogP contribution in [-0.2, 0) is 13.5 Å². The second-order valence-electron chi connectivity index (χ2n) is 5.62. The Kier molecular flexibility index (Phi) is 2.16. The third kappa shape index (κ3) is 1.43. The van der Waals surface area contributed by atoms with Crippen molar-refractivity contribution < 1.29 is 5.11 Å². The van der Waals surface area contributed by atoms with Gasteiger partial charge >= 0.3 is 0 Å². The van der Waals surface area contributed by atoms with E-state index in [4.69, 9.17) is 0 Å². The molecule has 4 rings (SSSR count). The van der Waals surface area contributed by atoms with Crippen molar-refractivity contribution >= 4 is 10.9 Å². The third-order valence-corrected chi connectivity index (χ3v) is 4.63. The number of fused-ring (bicyclic) bond motifs is 5. The molecule has 0 aliphatic heterocycles. The number of hydrogen-bond acceptors (Lipinski definition) is 1. The van der Waals surface area contributed by atoms with E-state index in [0.29, 0.717) is 17.6 Å².